The third-order valence-corrected chi connectivity index (χ3v) is 3.33. The first kappa shape index (κ1) is 15.3. The molecule has 1 heterocycles. The number of halogens is 1. The number of nitrogens with zero attached hydrogens (tertiary/aromatic N) is 3. The molecular weight excluding hydrogens is 340 g/mol. The number of hydrogen-bond donors (Lipinski definition) is 1. The van der Waals surface area contributed by atoms with Crippen LogP contribution in [0.5, 0.6) is 5.75 Å². The maximum absolute atomic E-state index is 11.0. The summed E-state index contributed by atoms with van der Waals surface area (Å²) in [6.45, 7) is 2.44. The summed E-state index contributed by atoms with van der Waals surface area (Å²) in [5, 5.41) is 18.1. The Morgan fingerprint density at radius 3 is 2.95 bits per heavy atom. The second-order valence-electron chi connectivity index (χ2n) is 4.40. The molecule has 0 fully saturated rings. The van der Waals surface area contributed by atoms with E-state index in [1.165, 1.54) is 4.68 Å². The highest BCUT2D eigenvalue weighted by atomic mass is 79.9. The largest absolute Gasteiger partial charge is 0.492 e. The third kappa shape index (κ3) is 3.72. The molecule has 112 valence electrons. The normalized spacial score (nSPS) is 10.4. The van der Waals surface area contributed by atoms with Gasteiger partial charge in [-0.25, -0.2) is 4.68 Å². The molecule has 0 aliphatic heterocycles. The van der Waals surface area contributed by atoms with Crippen molar-refractivity contribution in [1.82, 2.24) is 9.78 Å². The van der Waals surface area contributed by atoms with Gasteiger partial charge in [0.05, 0.1) is 11.5 Å². The van der Waals surface area contributed by atoms with Crippen LogP contribution in [-0.4, -0.2) is 27.9 Å². The highest BCUT2D eigenvalue weighted by Gasteiger charge is 2.23. The number of nitrogens with one attached hydrogen (secondary N) is 1. The SMILES string of the molecule is Cc1nn(C)c(NCCOc2cccc(Br)c2)c1[N+](=O)[O-]. The van der Waals surface area contributed by atoms with Crippen LogP contribution in [0.15, 0.2) is 28.7 Å². The molecule has 0 radical (unpaired) electrons. The molecule has 0 aliphatic carbocycles. The first-order chi connectivity index (χ1) is 9.99. The van der Waals surface area contributed by atoms with Crippen LogP contribution in [0.1, 0.15) is 5.69 Å². The lowest BCUT2D eigenvalue weighted by atomic mass is 10.3. The Labute approximate surface area is 130 Å². The van der Waals surface area contributed by atoms with E-state index >= 15 is 0 Å². The Bertz CT molecular complexity index is 657. The van der Waals surface area contributed by atoms with Crippen molar-refractivity contribution in [2.75, 3.05) is 18.5 Å². The molecule has 21 heavy (non-hydrogen) atoms. The molecule has 2 rings (SSSR count). The molecule has 7 nitrogen and oxygen atoms in total. The molecule has 1 aromatic carbocycles. The third-order valence-electron chi connectivity index (χ3n) is 2.83. The Kier molecular flexibility index (Phi) is 4.79. The smallest absolute Gasteiger partial charge is 0.333 e. The minimum absolute atomic E-state index is 0.0000412. The van der Waals surface area contributed by atoms with Gasteiger partial charge in [0, 0.05) is 11.5 Å². The summed E-state index contributed by atoms with van der Waals surface area (Å²) in [6.07, 6.45) is 0. The molecule has 0 bridgehead atoms. The van der Waals surface area contributed by atoms with Gasteiger partial charge in [-0.3, -0.25) is 10.1 Å². The topological polar surface area (TPSA) is 82.2 Å². The first-order valence-corrected chi connectivity index (χ1v) is 7.08. The van der Waals surface area contributed by atoms with Crippen molar-refractivity contribution in [2.24, 2.45) is 7.05 Å². The van der Waals surface area contributed by atoms with Crippen LogP contribution in [0.2, 0.25) is 0 Å². The summed E-state index contributed by atoms with van der Waals surface area (Å²) >= 11 is 3.36. The number of hydrogen-bond acceptors (Lipinski definition) is 5. The molecule has 0 saturated carbocycles. The fourth-order valence-electron chi connectivity index (χ4n) is 1.96. The fourth-order valence-corrected chi connectivity index (χ4v) is 2.34. The Balaban J connectivity index is 1.94. The van der Waals surface area contributed by atoms with E-state index in [1.54, 1.807) is 14.0 Å². The fraction of sp³-hybridized carbons (Fsp3) is 0.308. The molecule has 1 N–H and O–H groups in total. The molecule has 2 aromatic rings. The van der Waals surface area contributed by atoms with Gasteiger partial charge in [0.1, 0.15) is 18.1 Å². The van der Waals surface area contributed by atoms with E-state index < -0.39 is 4.92 Å². The minimum Gasteiger partial charge on any atom is -0.492 e. The maximum atomic E-state index is 11.0. The Morgan fingerprint density at radius 2 is 2.29 bits per heavy atom. The Morgan fingerprint density at radius 1 is 1.52 bits per heavy atom. The van der Waals surface area contributed by atoms with Crippen molar-refractivity contribution in [3.05, 3.63) is 44.5 Å². The van der Waals surface area contributed by atoms with Gasteiger partial charge >= 0.3 is 5.69 Å². The van der Waals surface area contributed by atoms with Crippen molar-refractivity contribution in [1.29, 1.82) is 0 Å². The second-order valence-corrected chi connectivity index (χ2v) is 5.31. The molecular formula is C13H15BrN4O3. The van der Waals surface area contributed by atoms with Crippen molar-refractivity contribution in [2.45, 2.75) is 6.92 Å². The molecule has 0 spiro atoms. The lowest BCUT2D eigenvalue weighted by Gasteiger charge is -2.08. The number of benzene rings is 1. The van der Waals surface area contributed by atoms with Gasteiger partial charge in [-0.15, -0.1) is 0 Å². The standard InChI is InChI=1S/C13H15BrN4O3/c1-9-12(18(19)20)13(17(2)16-9)15-6-7-21-11-5-3-4-10(14)8-11/h3-5,8,15H,6-7H2,1-2H3. The molecule has 8 heteroatoms. The predicted molar refractivity (Wildman–Crippen MR) is 82.7 cm³/mol. The van der Waals surface area contributed by atoms with Crippen LogP contribution in [0.4, 0.5) is 11.5 Å². The zero-order chi connectivity index (χ0) is 15.4. The summed E-state index contributed by atoms with van der Waals surface area (Å²) in [5.41, 5.74) is 0.387. The number of aryl methyl sites for hydroxylation is 2. The van der Waals surface area contributed by atoms with Gasteiger partial charge in [0.15, 0.2) is 0 Å². The monoisotopic (exact) mass is 354 g/mol. The highest BCUT2D eigenvalue weighted by Crippen LogP contribution is 2.27. The van der Waals surface area contributed by atoms with Crippen LogP contribution in [-0.2, 0) is 7.05 Å². The number of aromatic nitrogens is 2. The van der Waals surface area contributed by atoms with Gasteiger partial charge in [-0.1, -0.05) is 22.0 Å². The van der Waals surface area contributed by atoms with Crippen LogP contribution < -0.4 is 10.1 Å². The summed E-state index contributed by atoms with van der Waals surface area (Å²) in [4.78, 5) is 10.6. The van der Waals surface area contributed by atoms with Crippen molar-refractivity contribution in [3.8, 4) is 5.75 Å². The summed E-state index contributed by atoms with van der Waals surface area (Å²) in [6, 6.07) is 7.49. The van der Waals surface area contributed by atoms with Crippen LogP contribution in [0, 0.1) is 17.0 Å². The van der Waals surface area contributed by atoms with E-state index in [1.807, 2.05) is 24.3 Å². The lowest BCUT2D eigenvalue weighted by molar-refractivity contribution is -0.384. The molecule has 0 atom stereocenters. The van der Waals surface area contributed by atoms with Crippen LogP contribution in [0.3, 0.4) is 0 Å². The number of anilines is 1. The van der Waals surface area contributed by atoms with Crippen molar-refractivity contribution >= 4 is 27.4 Å². The van der Waals surface area contributed by atoms with E-state index in [-0.39, 0.29) is 5.69 Å². The number of nitro groups is 1. The zero-order valence-corrected chi connectivity index (χ0v) is 13.3. The zero-order valence-electron chi connectivity index (χ0n) is 11.7. The molecule has 0 amide bonds. The average Bonchev–Trinajstić information content (AvgIpc) is 2.69. The summed E-state index contributed by atoms with van der Waals surface area (Å²) in [7, 11) is 1.66. The quantitative estimate of drug-likeness (QED) is 0.490. The van der Waals surface area contributed by atoms with E-state index in [0.717, 1.165) is 10.2 Å². The number of ether oxygens (including phenoxy) is 1. The average molecular weight is 355 g/mol. The van der Waals surface area contributed by atoms with Gasteiger partial charge in [0.25, 0.3) is 0 Å². The van der Waals surface area contributed by atoms with Crippen molar-refractivity contribution < 1.29 is 9.66 Å². The lowest BCUT2D eigenvalue weighted by Crippen LogP contribution is -2.14. The molecule has 0 saturated heterocycles. The molecule has 0 aliphatic rings. The van der Waals surface area contributed by atoms with E-state index in [0.29, 0.717) is 24.7 Å². The van der Waals surface area contributed by atoms with Gasteiger partial charge in [-0.2, -0.15) is 5.10 Å². The molecule has 1 aromatic heterocycles. The maximum Gasteiger partial charge on any atom is 0.333 e. The van der Waals surface area contributed by atoms with Gasteiger partial charge < -0.3 is 10.1 Å². The van der Waals surface area contributed by atoms with Crippen LogP contribution in [0.25, 0.3) is 0 Å². The molecule has 0 unspecified atom stereocenters. The van der Waals surface area contributed by atoms with E-state index in [9.17, 15) is 10.1 Å². The number of rotatable bonds is 6. The van der Waals surface area contributed by atoms with Crippen molar-refractivity contribution in [3.63, 3.8) is 0 Å². The van der Waals surface area contributed by atoms with Gasteiger partial charge in [-0.05, 0) is 25.1 Å². The Hall–Kier alpha value is -2.09. The van der Waals surface area contributed by atoms with E-state index in [4.69, 9.17) is 4.74 Å². The van der Waals surface area contributed by atoms with Gasteiger partial charge in [0.2, 0.25) is 5.82 Å². The first-order valence-electron chi connectivity index (χ1n) is 6.29. The predicted octanol–water partition coefficient (Wildman–Crippen LogP) is 2.89. The summed E-state index contributed by atoms with van der Waals surface area (Å²) in [5.74, 6) is 1.12. The minimum atomic E-state index is -0.431. The highest BCUT2D eigenvalue weighted by molar-refractivity contribution is 9.10. The summed E-state index contributed by atoms with van der Waals surface area (Å²) < 4.78 is 7.96. The second kappa shape index (κ2) is 6.57. The van der Waals surface area contributed by atoms with Crippen LogP contribution >= 0.6 is 15.9 Å². The van der Waals surface area contributed by atoms with E-state index in [2.05, 4.69) is 26.3 Å².